The summed E-state index contributed by atoms with van der Waals surface area (Å²) in [5.74, 6) is -2.59. The second-order valence-electron chi connectivity index (χ2n) is 5.02. The lowest BCUT2D eigenvalue weighted by molar-refractivity contribution is -0.140. The van der Waals surface area contributed by atoms with E-state index in [0.29, 0.717) is 0 Å². The Morgan fingerprint density at radius 2 is 1.81 bits per heavy atom. The van der Waals surface area contributed by atoms with E-state index in [2.05, 4.69) is 0 Å². The Labute approximate surface area is 123 Å². The third kappa shape index (κ3) is 5.58. The minimum absolute atomic E-state index is 0.116. The van der Waals surface area contributed by atoms with Gasteiger partial charge in [-0.1, -0.05) is 0 Å². The molecule has 1 aliphatic rings. The highest BCUT2D eigenvalue weighted by atomic mass is 32.2. The van der Waals surface area contributed by atoms with Crippen molar-refractivity contribution in [3.05, 3.63) is 0 Å². The Morgan fingerprint density at radius 1 is 1.29 bits per heavy atom. The van der Waals surface area contributed by atoms with E-state index in [9.17, 15) is 18.0 Å². The fraction of sp³-hybridized carbons (Fsp3) is 0.818. The Bertz CT molecular complexity index is 483. The van der Waals surface area contributed by atoms with E-state index < -0.39 is 34.6 Å². The zero-order valence-corrected chi connectivity index (χ0v) is 12.7. The van der Waals surface area contributed by atoms with Crippen LogP contribution in [-0.2, 0) is 24.5 Å². The first kappa shape index (κ1) is 17.8. The maximum absolute atomic E-state index is 12.2. The number of hydrogen-bond acceptors (Lipinski definition) is 5. The summed E-state index contributed by atoms with van der Waals surface area (Å²) in [6.07, 6.45) is -1.35. The molecule has 0 amide bonds. The van der Waals surface area contributed by atoms with Gasteiger partial charge in [0, 0.05) is 19.5 Å². The van der Waals surface area contributed by atoms with Crippen LogP contribution in [0, 0.1) is 0 Å². The minimum atomic E-state index is -4.01. The van der Waals surface area contributed by atoms with Gasteiger partial charge in [-0.05, 0) is 20.3 Å². The van der Waals surface area contributed by atoms with Crippen molar-refractivity contribution in [1.82, 2.24) is 9.03 Å². The lowest BCUT2D eigenvalue weighted by Gasteiger charge is -2.34. The molecule has 1 saturated heterocycles. The summed E-state index contributed by atoms with van der Waals surface area (Å²) >= 11 is 0. The summed E-state index contributed by atoms with van der Waals surface area (Å²) in [4.78, 5) is 21.5. The number of nitrogens with zero attached hydrogens (tertiary/aromatic N) is 1. The summed E-state index contributed by atoms with van der Waals surface area (Å²) < 4.78 is 32.9. The minimum Gasteiger partial charge on any atom is -0.481 e. The number of carboxylic acids is 2. The molecule has 1 aliphatic heterocycles. The maximum Gasteiger partial charge on any atom is 0.321 e. The molecular formula is C11H20N2O7S. The number of hydrogen-bond donors (Lipinski definition) is 3. The molecule has 1 heterocycles. The summed E-state index contributed by atoms with van der Waals surface area (Å²) in [6.45, 7) is 3.67. The molecule has 10 heteroatoms. The third-order valence-corrected chi connectivity index (χ3v) is 4.52. The van der Waals surface area contributed by atoms with Crippen LogP contribution in [0.5, 0.6) is 0 Å². The molecule has 3 atom stereocenters. The first-order valence-electron chi connectivity index (χ1n) is 6.49. The van der Waals surface area contributed by atoms with Crippen molar-refractivity contribution in [2.45, 2.75) is 44.9 Å². The topological polar surface area (TPSA) is 133 Å². The lowest BCUT2D eigenvalue weighted by Crippen LogP contribution is -2.54. The molecule has 0 spiro atoms. The van der Waals surface area contributed by atoms with Crippen molar-refractivity contribution in [3.63, 3.8) is 0 Å². The molecule has 0 aromatic rings. The first-order valence-corrected chi connectivity index (χ1v) is 7.93. The average molecular weight is 324 g/mol. The van der Waals surface area contributed by atoms with E-state index in [-0.39, 0.29) is 31.7 Å². The van der Waals surface area contributed by atoms with E-state index in [1.807, 2.05) is 4.72 Å². The van der Waals surface area contributed by atoms with E-state index in [4.69, 9.17) is 14.9 Å². The van der Waals surface area contributed by atoms with Gasteiger partial charge in [0.2, 0.25) is 0 Å². The van der Waals surface area contributed by atoms with Gasteiger partial charge in [0.25, 0.3) is 10.2 Å². The SMILES string of the molecule is CC1CN(S(=O)(=O)N[C@@H](CCC(=O)O)C(=O)O)CC(C)O1. The zero-order valence-electron chi connectivity index (χ0n) is 11.9. The second kappa shape index (κ2) is 7.16. The smallest absolute Gasteiger partial charge is 0.321 e. The molecule has 1 rings (SSSR count). The molecule has 0 saturated carbocycles. The fourth-order valence-electron chi connectivity index (χ4n) is 2.08. The molecule has 0 aliphatic carbocycles. The van der Waals surface area contributed by atoms with Gasteiger partial charge in [-0.3, -0.25) is 9.59 Å². The number of carbonyl (C=O) groups is 2. The van der Waals surface area contributed by atoms with Crippen LogP contribution in [0.1, 0.15) is 26.7 Å². The lowest BCUT2D eigenvalue weighted by atomic mass is 10.2. The predicted molar refractivity (Wildman–Crippen MR) is 71.9 cm³/mol. The Kier molecular flexibility index (Phi) is 6.08. The van der Waals surface area contributed by atoms with Crippen LogP contribution < -0.4 is 4.72 Å². The molecule has 2 unspecified atom stereocenters. The highest BCUT2D eigenvalue weighted by Crippen LogP contribution is 2.14. The van der Waals surface area contributed by atoms with Crippen molar-refractivity contribution >= 4 is 22.1 Å². The molecule has 3 N–H and O–H groups in total. The molecule has 0 aromatic carbocycles. The van der Waals surface area contributed by atoms with Crippen LogP contribution in [0.25, 0.3) is 0 Å². The number of ether oxygens (including phenoxy) is 1. The summed E-state index contributed by atoms with van der Waals surface area (Å²) in [7, 11) is -4.01. The van der Waals surface area contributed by atoms with E-state index >= 15 is 0 Å². The third-order valence-electron chi connectivity index (χ3n) is 2.96. The van der Waals surface area contributed by atoms with E-state index in [0.717, 1.165) is 4.31 Å². The highest BCUT2D eigenvalue weighted by Gasteiger charge is 2.34. The highest BCUT2D eigenvalue weighted by molar-refractivity contribution is 7.87. The number of rotatable bonds is 7. The van der Waals surface area contributed by atoms with Gasteiger partial charge < -0.3 is 14.9 Å². The van der Waals surface area contributed by atoms with Crippen molar-refractivity contribution in [2.75, 3.05) is 13.1 Å². The Balaban J connectivity index is 2.76. The van der Waals surface area contributed by atoms with Gasteiger partial charge in [-0.15, -0.1) is 0 Å². The van der Waals surface area contributed by atoms with Gasteiger partial charge in [-0.25, -0.2) is 0 Å². The number of nitrogens with one attached hydrogen (secondary N) is 1. The second-order valence-corrected chi connectivity index (χ2v) is 6.72. The average Bonchev–Trinajstić information content (AvgIpc) is 2.32. The zero-order chi connectivity index (χ0) is 16.2. The van der Waals surface area contributed by atoms with Crippen molar-refractivity contribution in [2.24, 2.45) is 0 Å². The summed E-state index contributed by atoms with van der Waals surface area (Å²) in [5.41, 5.74) is 0. The van der Waals surface area contributed by atoms with E-state index in [1.54, 1.807) is 13.8 Å². The van der Waals surface area contributed by atoms with Gasteiger partial charge in [-0.2, -0.15) is 17.4 Å². The molecular weight excluding hydrogens is 304 g/mol. The monoisotopic (exact) mass is 324 g/mol. The molecule has 9 nitrogen and oxygen atoms in total. The van der Waals surface area contributed by atoms with Crippen molar-refractivity contribution < 1.29 is 33.0 Å². The maximum atomic E-state index is 12.2. The number of morpholine rings is 1. The largest absolute Gasteiger partial charge is 0.481 e. The number of aliphatic carboxylic acids is 2. The quantitative estimate of drug-likeness (QED) is 0.561. The van der Waals surface area contributed by atoms with Crippen LogP contribution in [0.2, 0.25) is 0 Å². The molecule has 122 valence electrons. The standard InChI is InChI=1S/C11H20N2O7S/c1-7-5-13(6-8(2)20-7)21(18,19)12-9(11(16)17)3-4-10(14)15/h7-9,12H,3-6H2,1-2H3,(H,14,15)(H,16,17)/t7?,8?,9-/m0/s1. The molecule has 0 radical (unpaired) electrons. The van der Waals surface area contributed by atoms with Crippen LogP contribution in [0.15, 0.2) is 0 Å². The summed E-state index contributed by atoms with van der Waals surface area (Å²) in [6, 6.07) is -1.47. The fourth-order valence-corrected chi connectivity index (χ4v) is 3.62. The van der Waals surface area contributed by atoms with Gasteiger partial charge >= 0.3 is 11.9 Å². The van der Waals surface area contributed by atoms with Gasteiger partial charge in [0.05, 0.1) is 12.2 Å². The van der Waals surface area contributed by atoms with Crippen LogP contribution in [-0.4, -0.2) is 66.2 Å². The van der Waals surface area contributed by atoms with Crippen LogP contribution >= 0.6 is 0 Å². The van der Waals surface area contributed by atoms with Crippen LogP contribution in [0.4, 0.5) is 0 Å². The molecule has 21 heavy (non-hydrogen) atoms. The summed E-state index contributed by atoms with van der Waals surface area (Å²) in [5, 5.41) is 17.6. The molecule has 0 bridgehead atoms. The predicted octanol–water partition coefficient (Wildman–Crippen LogP) is -0.752. The van der Waals surface area contributed by atoms with Crippen molar-refractivity contribution in [1.29, 1.82) is 0 Å². The molecule has 0 aromatic heterocycles. The first-order chi connectivity index (χ1) is 9.61. The Morgan fingerprint density at radius 3 is 2.24 bits per heavy atom. The number of carboxylic acid groups (broad SMARTS) is 2. The van der Waals surface area contributed by atoms with Gasteiger partial charge in [0.15, 0.2) is 0 Å². The van der Waals surface area contributed by atoms with Crippen LogP contribution in [0.3, 0.4) is 0 Å². The van der Waals surface area contributed by atoms with Crippen molar-refractivity contribution in [3.8, 4) is 0 Å². The molecule has 1 fully saturated rings. The normalized spacial score (nSPS) is 25.4. The van der Waals surface area contributed by atoms with Gasteiger partial charge in [0.1, 0.15) is 6.04 Å². The Hall–Kier alpha value is -1.23. The van der Waals surface area contributed by atoms with E-state index in [1.165, 1.54) is 0 Å².